The van der Waals surface area contributed by atoms with E-state index < -0.39 is 0 Å². The van der Waals surface area contributed by atoms with Crippen LogP contribution in [-0.4, -0.2) is 58.5 Å². The summed E-state index contributed by atoms with van der Waals surface area (Å²) in [6.45, 7) is 10.3. The second-order valence-electron chi connectivity index (χ2n) is 7.99. The zero-order valence-electron chi connectivity index (χ0n) is 18.2. The Hall–Kier alpha value is -2.51. The lowest BCUT2D eigenvalue weighted by molar-refractivity contribution is -0.113. The fraction of sp³-hybridized carbons (Fsp3) is 0.435. The number of imidazole rings is 1. The van der Waals surface area contributed by atoms with Crippen LogP contribution >= 0.6 is 11.3 Å². The Morgan fingerprint density at radius 1 is 1.20 bits per heavy atom. The SMILES string of the molecule is CCC(=O)/C(=C\c1ccc(N2CCCN(C)CC2)cc1C)c1cn2nc(C)sc2n1. The molecule has 30 heavy (non-hydrogen) atoms. The van der Waals surface area contributed by atoms with Crippen molar-refractivity contribution in [1.82, 2.24) is 19.5 Å². The molecule has 0 aliphatic carbocycles. The Balaban J connectivity index is 1.66. The molecule has 1 saturated heterocycles. The topological polar surface area (TPSA) is 53.7 Å². The molecule has 1 aliphatic heterocycles. The van der Waals surface area contributed by atoms with E-state index in [-0.39, 0.29) is 5.78 Å². The van der Waals surface area contributed by atoms with E-state index in [1.807, 2.05) is 26.1 Å². The number of likely N-dealkylation sites (N-methyl/N-ethyl adjacent to an activating group) is 1. The van der Waals surface area contributed by atoms with Crippen molar-refractivity contribution in [2.24, 2.45) is 0 Å². The number of benzene rings is 1. The van der Waals surface area contributed by atoms with Crippen molar-refractivity contribution in [3.63, 3.8) is 0 Å². The van der Waals surface area contributed by atoms with Gasteiger partial charge in [-0.05, 0) is 63.2 Å². The highest BCUT2D eigenvalue weighted by atomic mass is 32.1. The van der Waals surface area contributed by atoms with E-state index >= 15 is 0 Å². The lowest BCUT2D eigenvalue weighted by atomic mass is 9.99. The summed E-state index contributed by atoms with van der Waals surface area (Å²) in [4.78, 5) is 23.0. The summed E-state index contributed by atoms with van der Waals surface area (Å²) >= 11 is 1.53. The lowest BCUT2D eigenvalue weighted by Crippen LogP contribution is -2.28. The Bertz CT molecular complexity index is 1060. The van der Waals surface area contributed by atoms with Crippen molar-refractivity contribution in [3.05, 3.63) is 46.2 Å². The molecule has 0 spiro atoms. The average Bonchev–Trinajstić information content (AvgIpc) is 3.17. The highest BCUT2D eigenvalue weighted by Gasteiger charge is 2.17. The number of ketones is 1. The quantitative estimate of drug-likeness (QED) is 0.579. The Kier molecular flexibility index (Phi) is 6.01. The molecule has 1 fully saturated rings. The minimum atomic E-state index is 0.0940. The lowest BCUT2D eigenvalue weighted by Gasteiger charge is -2.23. The molecule has 3 aromatic rings. The third-order valence-corrected chi connectivity index (χ3v) is 6.52. The number of aromatic nitrogens is 3. The third kappa shape index (κ3) is 4.32. The summed E-state index contributed by atoms with van der Waals surface area (Å²) in [7, 11) is 2.19. The van der Waals surface area contributed by atoms with Crippen molar-refractivity contribution in [2.45, 2.75) is 33.6 Å². The van der Waals surface area contributed by atoms with Gasteiger partial charge in [0.25, 0.3) is 0 Å². The number of carbonyl (C=O) groups is 1. The van der Waals surface area contributed by atoms with Gasteiger partial charge in [0.15, 0.2) is 5.78 Å². The maximum absolute atomic E-state index is 12.7. The molecule has 0 radical (unpaired) electrons. The van der Waals surface area contributed by atoms with E-state index in [9.17, 15) is 4.79 Å². The summed E-state index contributed by atoms with van der Waals surface area (Å²) < 4.78 is 1.76. The second kappa shape index (κ2) is 8.70. The van der Waals surface area contributed by atoms with Crippen LogP contribution in [0.2, 0.25) is 0 Å². The standard InChI is InChI=1S/C23H29N5OS/c1-5-22(29)20(21-15-28-23(24-21)30-17(3)25-28)14-18-7-8-19(13-16(18)2)27-10-6-9-26(4)11-12-27/h7-8,13-15H,5-6,9-12H2,1-4H3/b20-14-. The average molecular weight is 424 g/mol. The summed E-state index contributed by atoms with van der Waals surface area (Å²) in [6, 6.07) is 6.54. The van der Waals surface area contributed by atoms with Crippen LogP contribution in [0.1, 0.15) is 41.6 Å². The Morgan fingerprint density at radius 3 is 2.77 bits per heavy atom. The largest absolute Gasteiger partial charge is 0.370 e. The zero-order valence-corrected chi connectivity index (χ0v) is 19.0. The predicted octanol–water partition coefficient (Wildman–Crippen LogP) is 4.07. The van der Waals surface area contributed by atoms with E-state index in [0.717, 1.165) is 41.7 Å². The molecular weight excluding hydrogens is 394 g/mol. The van der Waals surface area contributed by atoms with E-state index in [2.05, 4.69) is 52.1 Å². The molecule has 0 atom stereocenters. The normalized spacial score (nSPS) is 16.3. The Morgan fingerprint density at radius 2 is 2.03 bits per heavy atom. The first-order valence-electron chi connectivity index (χ1n) is 10.6. The molecule has 2 aromatic heterocycles. The molecule has 6 nitrogen and oxygen atoms in total. The van der Waals surface area contributed by atoms with Crippen LogP contribution < -0.4 is 4.90 Å². The highest BCUT2D eigenvalue weighted by Crippen LogP contribution is 2.26. The number of fused-ring (bicyclic) bond motifs is 1. The maximum atomic E-state index is 12.7. The number of anilines is 1. The van der Waals surface area contributed by atoms with Gasteiger partial charge in [-0.2, -0.15) is 5.10 Å². The van der Waals surface area contributed by atoms with E-state index in [1.165, 1.54) is 29.0 Å². The fourth-order valence-electron chi connectivity index (χ4n) is 3.90. The first-order chi connectivity index (χ1) is 14.4. The molecule has 3 heterocycles. The van der Waals surface area contributed by atoms with Gasteiger partial charge in [-0.25, -0.2) is 9.50 Å². The van der Waals surface area contributed by atoms with Crippen LogP contribution in [0.4, 0.5) is 5.69 Å². The van der Waals surface area contributed by atoms with Crippen LogP contribution in [-0.2, 0) is 4.79 Å². The molecule has 0 amide bonds. The van der Waals surface area contributed by atoms with Gasteiger partial charge >= 0.3 is 0 Å². The molecule has 4 rings (SSSR count). The number of nitrogens with zero attached hydrogens (tertiary/aromatic N) is 5. The van der Waals surface area contributed by atoms with E-state index in [0.29, 0.717) is 17.7 Å². The fourth-order valence-corrected chi connectivity index (χ4v) is 4.62. The molecule has 1 aromatic carbocycles. The van der Waals surface area contributed by atoms with Crippen molar-refractivity contribution in [1.29, 1.82) is 0 Å². The molecular formula is C23H29N5OS. The number of carbonyl (C=O) groups excluding carboxylic acids is 1. The molecule has 0 saturated carbocycles. The van der Waals surface area contributed by atoms with Crippen LogP contribution in [0.25, 0.3) is 16.6 Å². The summed E-state index contributed by atoms with van der Waals surface area (Å²) in [5.74, 6) is 0.0940. The van der Waals surface area contributed by atoms with Gasteiger partial charge in [0.2, 0.25) is 4.96 Å². The number of aryl methyl sites for hydroxylation is 2. The predicted molar refractivity (Wildman–Crippen MR) is 124 cm³/mol. The van der Waals surface area contributed by atoms with Gasteiger partial charge < -0.3 is 9.80 Å². The number of rotatable bonds is 5. The summed E-state index contributed by atoms with van der Waals surface area (Å²) in [5.41, 5.74) is 4.83. The number of Topliss-reactive ketones (excluding diaryl/α,β-unsaturated/α-hetero) is 1. The van der Waals surface area contributed by atoms with Crippen LogP contribution in [0.3, 0.4) is 0 Å². The van der Waals surface area contributed by atoms with Crippen LogP contribution in [0.15, 0.2) is 24.4 Å². The molecule has 7 heteroatoms. The van der Waals surface area contributed by atoms with Gasteiger partial charge in [-0.3, -0.25) is 4.79 Å². The van der Waals surface area contributed by atoms with Crippen LogP contribution in [0, 0.1) is 13.8 Å². The highest BCUT2D eigenvalue weighted by molar-refractivity contribution is 7.16. The minimum absolute atomic E-state index is 0.0940. The second-order valence-corrected chi connectivity index (χ2v) is 9.15. The maximum Gasteiger partial charge on any atom is 0.212 e. The van der Waals surface area contributed by atoms with Crippen molar-refractivity contribution in [3.8, 4) is 0 Å². The van der Waals surface area contributed by atoms with Crippen molar-refractivity contribution >= 4 is 39.4 Å². The first kappa shape index (κ1) is 20.8. The molecule has 0 N–H and O–H groups in total. The Labute approximate surface area is 181 Å². The molecule has 1 aliphatic rings. The third-order valence-electron chi connectivity index (χ3n) is 5.68. The molecule has 0 unspecified atom stereocenters. The van der Waals surface area contributed by atoms with Crippen molar-refractivity contribution < 1.29 is 4.79 Å². The van der Waals surface area contributed by atoms with Crippen LogP contribution in [0.5, 0.6) is 0 Å². The molecule has 158 valence electrons. The number of allylic oxidation sites excluding steroid dienone is 1. The van der Waals surface area contributed by atoms with E-state index in [1.54, 1.807) is 4.52 Å². The van der Waals surface area contributed by atoms with Gasteiger partial charge in [-0.1, -0.05) is 24.3 Å². The minimum Gasteiger partial charge on any atom is -0.370 e. The first-order valence-corrected chi connectivity index (χ1v) is 11.4. The summed E-state index contributed by atoms with van der Waals surface area (Å²) in [6.07, 6.45) is 5.47. The van der Waals surface area contributed by atoms with Crippen molar-refractivity contribution in [2.75, 3.05) is 38.1 Å². The molecule has 0 bridgehead atoms. The monoisotopic (exact) mass is 423 g/mol. The number of hydrogen-bond donors (Lipinski definition) is 0. The van der Waals surface area contributed by atoms with Gasteiger partial charge in [0, 0.05) is 37.3 Å². The number of hydrogen-bond acceptors (Lipinski definition) is 6. The summed E-state index contributed by atoms with van der Waals surface area (Å²) in [5, 5.41) is 5.39. The smallest absolute Gasteiger partial charge is 0.212 e. The zero-order chi connectivity index (χ0) is 21.3. The van der Waals surface area contributed by atoms with Gasteiger partial charge in [-0.15, -0.1) is 0 Å². The van der Waals surface area contributed by atoms with E-state index in [4.69, 9.17) is 0 Å². The van der Waals surface area contributed by atoms with Gasteiger partial charge in [0.1, 0.15) is 5.01 Å². The van der Waals surface area contributed by atoms with Gasteiger partial charge in [0.05, 0.1) is 11.9 Å².